The lowest BCUT2D eigenvalue weighted by Gasteiger charge is -2.22. The van der Waals surface area contributed by atoms with Crippen LogP contribution in [-0.2, 0) is 16.8 Å². The lowest BCUT2D eigenvalue weighted by atomic mass is 10.0. The fourth-order valence-corrected chi connectivity index (χ4v) is 3.96. The summed E-state index contributed by atoms with van der Waals surface area (Å²) in [4.78, 5) is 13.0. The first kappa shape index (κ1) is 17.9. The molecule has 0 spiro atoms. The van der Waals surface area contributed by atoms with Crippen LogP contribution in [0.15, 0.2) is 54.6 Å². The van der Waals surface area contributed by atoms with Crippen LogP contribution in [0.1, 0.15) is 23.8 Å². The Kier molecular flexibility index (Phi) is 5.42. The van der Waals surface area contributed by atoms with Gasteiger partial charge in [-0.2, -0.15) is 0 Å². The van der Waals surface area contributed by atoms with Crippen molar-refractivity contribution in [3.8, 4) is 0 Å². The standard InChI is InChI=1S/C20H20ClNO2S/c1-20(24,18-12-15-6-2-3-8-17(15)25-18)13-22-19(23)10-9-14-5-4-7-16(21)11-14/h2-8,11-12,24H,9-10,13H2,1H3,(H,22,23). The van der Waals surface area contributed by atoms with Crippen LogP contribution in [0.2, 0.25) is 5.02 Å². The molecule has 2 N–H and O–H groups in total. The molecule has 2 aromatic carbocycles. The molecule has 0 aliphatic heterocycles. The molecule has 1 unspecified atom stereocenters. The van der Waals surface area contributed by atoms with Crippen LogP contribution >= 0.6 is 22.9 Å². The molecule has 130 valence electrons. The number of nitrogens with one attached hydrogen (secondary N) is 1. The fourth-order valence-electron chi connectivity index (χ4n) is 2.64. The minimum atomic E-state index is -1.09. The molecule has 3 rings (SSSR count). The molecule has 3 aromatic rings. The molecular weight excluding hydrogens is 354 g/mol. The smallest absolute Gasteiger partial charge is 0.220 e. The maximum atomic E-state index is 12.1. The number of benzene rings is 2. The van der Waals surface area contributed by atoms with E-state index in [-0.39, 0.29) is 12.5 Å². The highest BCUT2D eigenvalue weighted by Gasteiger charge is 2.26. The van der Waals surface area contributed by atoms with Crippen molar-refractivity contribution < 1.29 is 9.90 Å². The van der Waals surface area contributed by atoms with Gasteiger partial charge in [0.15, 0.2) is 0 Å². The number of aliphatic hydroxyl groups is 1. The fraction of sp³-hybridized carbons (Fsp3) is 0.250. The van der Waals surface area contributed by atoms with Crippen LogP contribution in [-0.4, -0.2) is 17.6 Å². The summed E-state index contributed by atoms with van der Waals surface area (Å²) in [5.41, 5.74) is -0.0611. The van der Waals surface area contributed by atoms with Crippen molar-refractivity contribution in [2.75, 3.05) is 6.54 Å². The molecule has 0 aliphatic rings. The van der Waals surface area contributed by atoms with Gasteiger partial charge in [-0.1, -0.05) is 41.9 Å². The number of aryl methyl sites for hydroxylation is 1. The Labute approximate surface area is 156 Å². The SMILES string of the molecule is CC(O)(CNC(=O)CCc1cccc(Cl)c1)c1cc2ccccc2s1. The van der Waals surface area contributed by atoms with E-state index in [1.807, 2.05) is 54.6 Å². The normalized spacial score (nSPS) is 13.6. The number of halogens is 1. The average molecular weight is 374 g/mol. The van der Waals surface area contributed by atoms with Gasteiger partial charge in [0, 0.05) is 21.0 Å². The molecule has 25 heavy (non-hydrogen) atoms. The summed E-state index contributed by atoms with van der Waals surface area (Å²) in [7, 11) is 0. The average Bonchev–Trinajstić information content (AvgIpc) is 3.03. The Morgan fingerprint density at radius 1 is 1.20 bits per heavy atom. The first-order chi connectivity index (χ1) is 11.9. The molecule has 0 bridgehead atoms. The van der Waals surface area contributed by atoms with Crippen LogP contribution < -0.4 is 5.32 Å². The molecule has 0 fully saturated rings. The second kappa shape index (κ2) is 7.56. The van der Waals surface area contributed by atoms with Gasteiger partial charge in [-0.3, -0.25) is 4.79 Å². The minimum Gasteiger partial charge on any atom is -0.383 e. The number of fused-ring (bicyclic) bond motifs is 1. The Balaban J connectivity index is 1.56. The highest BCUT2D eigenvalue weighted by atomic mass is 35.5. The summed E-state index contributed by atoms with van der Waals surface area (Å²) < 4.78 is 1.13. The molecule has 1 amide bonds. The molecule has 5 heteroatoms. The zero-order valence-corrected chi connectivity index (χ0v) is 15.5. The van der Waals surface area contributed by atoms with Gasteiger partial charge >= 0.3 is 0 Å². The summed E-state index contributed by atoms with van der Waals surface area (Å²) in [5.74, 6) is -0.0821. The van der Waals surface area contributed by atoms with Crippen LogP contribution in [0, 0.1) is 0 Å². The van der Waals surface area contributed by atoms with E-state index in [9.17, 15) is 9.90 Å². The molecule has 0 aliphatic carbocycles. The second-order valence-corrected chi connectivity index (χ2v) is 7.85. The van der Waals surface area contributed by atoms with Gasteiger partial charge in [-0.25, -0.2) is 0 Å². The van der Waals surface area contributed by atoms with Crippen LogP contribution in [0.25, 0.3) is 10.1 Å². The summed E-state index contributed by atoms with van der Waals surface area (Å²) in [5, 5.41) is 15.3. The quantitative estimate of drug-likeness (QED) is 0.667. The lowest BCUT2D eigenvalue weighted by molar-refractivity contribution is -0.122. The Morgan fingerprint density at radius 3 is 2.76 bits per heavy atom. The lowest BCUT2D eigenvalue weighted by Crippen LogP contribution is -2.38. The largest absolute Gasteiger partial charge is 0.383 e. The predicted octanol–water partition coefficient (Wildman–Crippen LogP) is 4.51. The topological polar surface area (TPSA) is 49.3 Å². The molecule has 0 saturated carbocycles. The van der Waals surface area contributed by atoms with Crippen molar-refractivity contribution in [2.24, 2.45) is 0 Å². The predicted molar refractivity (Wildman–Crippen MR) is 104 cm³/mol. The summed E-state index contributed by atoms with van der Waals surface area (Å²) in [6, 6.07) is 17.5. The van der Waals surface area contributed by atoms with E-state index in [4.69, 9.17) is 11.6 Å². The van der Waals surface area contributed by atoms with Gasteiger partial charge in [0.1, 0.15) is 5.60 Å². The van der Waals surface area contributed by atoms with Crippen LogP contribution in [0.3, 0.4) is 0 Å². The van der Waals surface area contributed by atoms with Crippen molar-refractivity contribution in [1.82, 2.24) is 5.32 Å². The Morgan fingerprint density at radius 2 is 2.00 bits per heavy atom. The molecule has 0 radical (unpaired) electrons. The molecule has 1 aromatic heterocycles. The van der Waals surface area contributed by atoms with Crippen LogP contribution in [0.4, 0.5) is 0 Å². The molecule has 1 atom stereocenters. The third kappa shape index (κ3) is 4.60. The number of rotatable bonds is 6. The third-order valence-corrected chi connectivity index (χ3v) is 5.72. The van der Waals surface area contributed by atoms with Crippen molar-refractivity contribution in [1.29, 1.82) is 0 Å². The molecule has 1 heterocycles. The van der Waals surface area contributed by atoms with Gasteiger partial charge in [-0.15, -0.1) is 11.3 Å². The number of hydrogen-bond acceptors (Lipinski definition) is 3. The monoisotopic (exact) mass is 373 g/mol. The van der Waals surface area contributed by atoms with Gasteiger partial charge in [0.2, 0.25) is 5.91 Å². The van der Waals surface area contributed by atoms with Gasteiger partial charge < -0.3 is 10.4 Å². The first-order valence-corrected chi connectivity index (χ1v) is 9.36. The van der Waals surface area contributed by atoms with Crippen molar-refractivity contribution in [3.05, 3.63) is 70.1 Å². The van der Waals surface area contributed by atoms with Gasteiger partial charge in [0.25, 0.3) is 0 Å². The van der Waals surface area contributed by atoms with Gasteiger partial charge in [0.05, 0.1) is 6.54 Å². The molecule has 3 nitrogen and oxygen atoms in total. The summed E-state index contributed by atoms with van der Waals surface area (Å²) in [6.45, 7) is 1.92. The molecule has 0 saturated heterocycles. The second-order valence-electron chi connectivity index (χ2n) is 6.33. The number of carbonyl (C=O) groups excluding carboxylic acids is 1. The highest BCUT2D eigenvalue weighted by Crippen LogP contribution is 2.32. The Hall–Kier alpha value is -1.88. The number of hydrogen-bond donors (Lipinski definition) is 2. The number of thiophene rings is 1. The first-order valence-electron chi connectivity index (χ1n) is 8.17. The minimum absolute atomic E-state index is 0.0821. The van der Waals surface area contributed by atoms with E-state index >= 15 is 0 Å². The van der Waals surface area contributed by atoms with Crippen molar-refractivity contribution in [3.63, 3.8) is 0 Å². The van der Waals surface area contributed by atoms with E-state index in [2.05, 4.69) is 5.32 Å². The van der Waals surface area contributed by atoms with Crippen molar-refractivity contribution >= 4 is 38.9 Å². The van der Waals surface area contributed by atoms with E-state index in [0.29, 0.717) is 17.9 Å². The maximum absolute atomic E-state index is 12.1. The summed E-state index contributed by atoms with van der Waals surface area (Å²) in [6.07, 6.45) is 0.986. The number of amides is 1. The van der Waals surface area contributed by atoms with Crippen LogP contribution in [0.5, 0.6) is 0 Å². The third-order valence-electron chi connectivity index (χ3n) is 4.12. The summed E-state index contributed by atoms with van der Waals surface area (Å²) >= 11 is 7.50. The van der Waals surface area contributed by atoms with E-state index in [1.165, 1.54) is 0 Å². The Bertz CT molecular complexity index is 855. The number of carbonyl (C=O) groups is 1. The zero-order chi connectivity index (χ0) is 17.9. The zero-order valence-electron chi connectivity index (χ0n) is 14.0. The van der Waals surface area contributed by atoms with E-state index in [1.54, 1.807) is 18.3 Å². The maximum Gasteiger partial charge on any atom is 0.220 e. The van der Waals surface area contributed by atoms with E-state index < -0.39 is 5.60 Å². The van der Waals surface area contributed by atoms with E-state index in [0.717, 1.165) is 20.5 Å². The highest BCUT2D eigenvalue weighted by molar-refractivity contribution is 7.19. The molecular formula is C20H20ClNO2S. The van der Waals surface area contributed by atoms with Crippen molar-refractivity contribution in [2.45, 2.75) is 25.4 Å². The van der Waals surface area contributed by atoms with Gasteiger partial charge in [-0.05, 0) is 48.6 Å².